The summed E-state index contributed by atoms with van der Waals surface area (Å²) in [5, 5.41) is 3.00. The molecular weight excluding hydrogens is 280 g/mol. The predicted molar refractivity (Wildman–Crippen MR) is 84.2 cm³/mol. The molecule has 1 aliphatic rings. The summed E-state index contributed by atoms with van der Waals surface area (Å²) < 4.78 is 5.00. The highest BCUT2D eigenvalue weighted by molar-refractivity contribution is 5.89. The van der Waals surface area contributed by atoms with Crippen LogP contribution in [0.4, 0.5) is 0 Å². The fourth-order valence-corrected chi connectivity index (χ4v) is 2.72. The average molecular weight is 304 g/mol. The lowest BCUT2D eigenvalue weighted by atomic mass is 10.1. The number of carbonyl (C=O) groups excluding carboxylic acids is 2. The van der Waals surface area contributed by atoms with Gasteiger partial charge in [-0.05, 0) is 18.9 Å². The van der Waals surface area contributed by atoms with Gasteiger partial charge in [-0.15, -0.1) is 0 Å². The average Bonchev–Trinajstić information content (AvgIpc) is 2.90. The van der Waals surface area contributed by atoms with E-state index in [1.54, 1.807) is 12.0 Å². The van der Waals surface area contributed by atoms with Crippen molar-refractivity contribution in [3.05, 3.63) is 35.9 Å². The zero-order valence-electron chi connectivity index (χ0n) is 13.2. The van der Waals surface area contributed by atoms with Gasteiger partial charge in [0.1, 0.15) is 0 Å². The first-order valence-electron chi connectivity index (χ1n) is 7.74. The Balaban J connectivity index is 1.84. The SMILES string of the molecule is COCCCN1CC(C(=O)NC(C)c2ccccc2)CC1=O. The van der Waals surface area contributed by atoms with Crippen molar-refractivity contribution in [3.63, 3.8) is 0 Å². The van der Waals surface area contributed by atoms with E-state index >= 15 is 0 Å². The van der Waals surface area contributed by atoms with Crippen LogP contribution in [-0.4, -0.2) is 43.5 Å². The fourth-order valence-electron chi connectivity index (χ4n) is 2.72. The van der Waals surface area contributed by atoms with Gasteiger partial charge in [-0.2, -0.15) is 0 Å². The summed E-state index contributed by atoms with van der Waals surface area (Å²) in [6.45, 7) is 3.76. The highest BCUT2D eigenvalue weighted by atomic mass is 16.5. The van der Waals surface area contributed by atoms with Crippen molar-refractivity contribution in [3.8, 4) is 0 Å². The van der Waals surface area contributed by atoms with Gasteiger partial charge in [0.05, 0.1) is 12.0 Å². The second kappa shape index (κ2) is 7.94. The fraction of sp³-hybridized carbons (Fsp3) is 0.529. The molecule has 0 radical (unpaired) electrons. The molecule has 1 fully saturated rings. The highest BCUT2D eigenvalue weighted by Crippen LogP contribution is 2.20. The van der Waals surface area contributed by atoms with Crippen molar-refractivity contribution < 1.29 is 14.3 Å². The van der Waals surface area contributed by atoms with Crippen LogP contribution in [0.15, 0.2) is 30.3 Å². The van der Waals surface area contributed by atoms with Crippen LogP contribution < -0.4 is 5.32 Å². The first kappa shape index (κ1) is 16.5. The molecule has 1 aliphatic heterocycles. The Labute approximate surface area is 131 Å². The van der Waals surface area contributed by atoms with Crippen molar-refractivity contribution in [2.24, 2.45) is 5.92 Å². The predicted octanol–water partition coefficient (Wildman–Crippen LogP) is 1.75. The lowest BCUT2D eigenvalue weighted by molar-refractivity contribution is -0.129. The maximum Gasteiger partial charge on any atom is 0.225 e. The third kappa shape index (κ3) is 4.31. The van der Waals surface area contributed by atoms with Crippen LogP contribution in [0.25, 0.3) is 0 Å². The Morgan fingerprint density at radius 1 is 1.41 bits per heavy atom. The molecule has 2 amide bonds. The zero-order chi connectivity index (χ0) is 15.9. The molecule has 1 saturated heterocycles. The molecule has 0 saturated carbocycles. The zero-order valence-corrected chi connectivity index (χ0v) is 13.2. The molecule has 1 N–H and O–H groups in total. The number of nitrogens with one attached hydrogen (secondary N) is 1. The van der Waals surface area contributed by atoms with Gasteiger partial charge in [0.2, 0.25) is 11.8 Å². The molecule has 0 aliphatic carbocycles. The summed E-state index contributed by atoms with van der Waals surface area (Å²) >= 11 is 0. The number of rotatable bonds is 7. The summed E-state index contributed by atoms with van der Waals surface area (Å²) in [5.41, 5.74) is 1.07. The number of likely N-dealkylation sites (tertiary alicyclic amines) is 1. The van der Waals surface area contributed by atoms with Gasteiger partial charge in [-0.25, -0.2) is 0 Å². The molecule has 1 aromatic carbocycles. The van der Waals surface area contributed by atoms with E-state index in [9.17, 15) is 9.59 Å². The molecule has 0 aromatic heterocycles. The van der Waals surface area contributed by atoms with Crippen molar-refractivity contribution in [1.29, 1.82) is 0 Å². The number of nitrogens with zero attached hydrogens (tertiary/aromatic N) is 1. The van der Waals surface area contributed by atoms with Crippen LogP contribution in [0.5, 0.6) is 0 Å². The van der Waals surface area contributed by atoms with Gasteiger partial charge >= 0.3 is 0 Å². The number of hydrogen-bond donors (Lipinski definition) is 1. The van der Waals surface area contributed by atoms with Crippen LogP contribution in [0.1, 0.15) is 31.4 Å². The number of carbonyl (C=O) groups is 2. The monoisotopic (exact) mass is 304 g/mol. The van der Waals surface area contributed by atoms with Gasteiger partial charge < -0.3 is 15.0 Å². The first-order chi connectivity index (χ1) is 10.6. The van der Waals surface area contributed by atoms with E-state index in [0.717, 1.165) is 12.0 Å². The summed E-state index contributed by atoms with van der Waals surface area (Å²) in [4.78, 5) is 26.0. The van der Waals surface area contributed by atoms with Crippen LogP contribution in [0, 0.1) is 5.92 Å². The summed E-state index contributed by atoms with van der Waals surface area (Å²) in [6.07, 6.45) is 1.11. The van der Waals surface area contributed by atoms with Gasteiger partial charge in [0, 0.05) is 33.2 Å². The highest BCUT2D eigenvalue weighted by Gasteiger charge is 2.34. The second-order valence-electron chi connectivity index (χ2n) is 5.73. The number of methoxy groups -OCH3 is 1. The molecule has 0 spiro atoms. The molecule has 1 heterocycles. The quantitative estimate of drug-likeness (QED) is 0.781. The Morgan fingerprint density at radius 3 is 2.82 bits per heavy atom. The summed E-state index contributed by atoms with van der Waals surface area (Å²) in [7, 11) is 1.65. The molecule has 2 unspecified atom stereocenters. The van der Waals surface area contributed by atoms with Gasteiger partial charge in [0.15, 0.2) is 0 Å². The maximum absolute atomic E-state index is 12.3. The first-order valence-corrected chi connectivity index (χ1v) is 7.74. The molecule has 1 aromatic rings. The standard InChI is InChI=1S/C17H24N2O3/c1-13(14-7-4-3-5-8-14)18-17(21)15-11-16(20)19(12-15)9-6-10-22-2/h3-5,7-8,13,15H,6,9-12H2,1-2H3,(H,18,21). The van der Waals surface area contributed by atoms with Crippen molar-refractivity contribution >= 4 is 11.8 Å². The third-order valence-corrected chi connectivity index (χ3v) is 4.02. The van der Waals surface area contributed by atoms with Crippen molar-refractivity contribution in [2.75, 3.05) is 26.8 Å². The lowest BCUT2D eigenvalue weighted by Crippen LogP contribution is -2.34. The van der Waals surface area contributed by atoms with E-state index < -0.39 is 0 Å². The van der Waals surface area contributed by atoms with Crippen LogP contribution in [0.2, 0.25) is 0 Å². The minimum Gasteiger partial charge on any atom is -0.385 e. The third-order valence-electron chi connectivity index (χ3n) is 4.02. The normalized spacial score (nSPS) is 19.3. The Bertz CT molecular complexity index is 504. The van der Waals surface area contributed by atoms with E-state index in [1.807, 2.05) is 37.3 Å². The maximum atomic E-state index is 12.3. The molecule has 2 atom stereocenters. The minimum atomic E-state index is -0.249. The van der Waals surface area contributed by atoms with Crippen molar-refractivity contribution in [1.82, 2.24) is 10.2 Å². The molecule has 22 heavy (non-hydrogen) atoms. The Hall–Kier alpha value is -1.88. The van der Waals surface area contributed by atoms with E-state index in [4.69, 9.17) is 4.74 Å². The van der Waals surface area contributed by atoms with Crippen molar-refractivity contribution in [2.45, 2.75) is 25.8 Å². The summed E-state index contributed by atoms with van der Waals surface area (Å²) in [5.74, 6) is -0.233. The number of benzene rings is 1. The van der Waals surface area contributed by atoms with E-state index in [2.05, 4.69) is 5.32 Å². The topological polar surface area (TPSA) is 58.6 Å². The van der Waals surface area contributed by atoms with Gasteiger partial charge in [-0.1, -0.05) is 30.3 Å². The summed E-state index contributed by atoms with van der Waals surface area (Å²) in [6, 6.07) is 9.78. The minimum absolute atomic E-state index is 0.0426. The Morgan fingerprint density at radius 2 is 2.14 bits per heavy atom. The largest absolute Gasteiger partial charge is 0.385 e. The van der Waals surface area contributed by atoms with E-state index in [-0.39, 0.29) is 23.8 Å². The van der Waals surface area contributed by atoms with Crippen LogP contribution in [0.3, 0.4) is 0 Å². The number of hydrogen-bond acceptors (Lipinski definition) is 3. The van der Waals surface area contributed by atoms with E-state index in [0.29, 0.717) is 26.1 Å². The molecule has 2 rings (SSSR count). The molecule has 5 heteroatoms. The molecular formula is C17H24N2O3. The Kier molecular flexibility index (Phi) is 5.95. The van der Waals surface area contributed by atoms with Gasteiger partial charge in [0.25, 0.3) is 0 Å². The molecule has 120 valence electrons. The second-order valence-corrected chi connectivity index (χ2v) is 5.73. The smallest absolute Gasteiger partial charge is 0.225 e. The van der Waals surface area contributed by atoms with E-state index in [1.165, 1.54) is 0 Å². The number of amides is 2. The lowest BCUT2D eigenvalue weighted by Gasteiger charge is -2.18. The molecule has 5 nitrogen and oxygen atoms in total. The number of ether oxygens (including phenoxy) is 1. The van der Waals surface area contributed by atoms with Crippen LogP contribution in [-0.2, 0) is 14.3 Å². The van der Waals surface area contributed by atoms with Crippen LogP contribution >= 0.6 is 0 Å². The molecule has 0 bridgehead atoms. The van der Waals surface area contributed by atoms with Gasteiger partial charge in [-0.3, -0.25) is 9.59 Å².